The van der Waals surface area contributed by atoms with Crippen LogP contribution in [-0.2, 0) is 6.42 Å². The van der Waals surface area contributed by atoms with Crippen molar-refractivity contribution in [2.75, 3.05) is 12.3 Å². The van der Waals surface area contributed by atoms with E-state index >= 15 is 0 Å². The van der Waals surface area contributed by atoms with Crippen LogP contribution in [0.3, 0.4) is 0 Å². The van der Waals surface area contributed by atoms with Gasteiger partial charge in [0.2, 0.25) is 0 Å². The van der Waals surface area contributed by atoms with Crippen LogP contribution >= 0.6 is 15.9 Å². The first kappa shape index (κ1) is 13.8. The van der Waals surface area contributed by atoms with Gasteiger partial charge in [-0.25, -0.2) is 4.39 Å². The van der Waals surface area contributed by atoms with Crippen LogP contribution in [0.25, 0.3) is 0 Å². The molecule has 0 heterocycles. The lowest BCUT2D eigenvalue weighted by atomic mass is 10.1. The topological polar surface area (TPSA) is 55.5 Å². The first-order valence-electron chi connectivity index (χ1n) is 5.72. The summed E-state index contributed by atoms with van der Waals surface area (Å²) >= 11 is 3.06. The van der Waals surface area contributed by atoms with Crippen LogP contribution in [0.15, 0.2) is 40.9 Å². The molecule has 0 radical (unpaired) electrons. The number of aliphatic hydroxyl groups excluding tert-OH is 1. The summed E-state index contributed by atoms with van der Waals surface area (Å²) in [5.41, 5.74) is 7.12. The second kappa shape index (κ2) is 6.04. The number of nitrogen functional groups attached to an aromatic ring is 1. The van der Waals surface area contributed by atoms with E-state index in [1.54, 1.807) is 12.1 Å². The molecule has 0 spiro atoms. The number of benzene rings is 2. The van der Waals surface area contributed by atoms with E-state index in [1.165, 1.54) is 12.1 Å². The summed E-state index contributed by atoms with van der Waals surface area (Å²) in [5.74, 6) is 0.409. The van der Waals surface area contributed by atoms with Crippen LogP contribution in [0.2, 0.25) is 0 Å². The van der Waals surface area contributed by atoms with Gasteiger partial charge in [-0.2, -0.15) is 0 Å². The van der Waals surface area contributed by atoms with Crippen LogP contribution in [0.4, 0.5) is 10.1 Å². The van der Waals surface area contributed by atoms with E-state index in [2.05, 4.69) is 15.9 Å². The van der Waals surface area contributed by atoms with Gasteiger partial charge < -0.3 is 15.6 Å². The number of hydrogen-bond donors (Lipinski definition) is 2. The Balaban J connectivity index is 2.19. The predicted molar refractivity (Wildman–Crippen MR) is 75.8 cm³/mol. The van der Waals surface area contributed by atoms with Gasteiger partial charge in [-0.15, -0.1) is 0 Å². The fourth-order valence-electron chi connectivity index (χ4n) is 1.61. The van der Waals surface area contributed by atoms with E-state index in [9.17, 15) is 4.39 Å². The molecule has 100 valence electrons. The summed E-state index contributed by atoms with van der Waals surface area (Å²) in [5, 5.41) is 8.82. The standard InChI is InChI=1S/C14H13BrFNO2/c15-11-7-13(17)14(8-12(11)16)19-10-3-1-9(2-4-10)5-6-18/h1-4,7-8,18H,5-6,17H2. The van der Waals surface area contributed by atoms with Crippen LogP contribution in [-0.4, -0.2) is 11.7 Å². The van der Waals surface area contributed by atoms with E-state index in [-0.39, 0.29) is 12.4 Å². The smallest absolute Gasteiger partial charge is 0.153 e. The van der Waals surface area contributed by atoms with Crippen LogP contribution in [0, 0.1) is 5.82 Å². The summed E-state index contributed by atoms with van der Waals surface area (Å²) in [7, 11) is 0. The third-order valence-corrected chi connectivity index (χ3v) is 3.21. The lowest BCUT2D eigenvalue weighted by Crippen LogP contribution is -1.95. The Morgan fingerprint density at radius 3 is 2.53 bits per heavy atom. The molecular weight excluding hydrogens is 313 g/mol. The van der Waals surface area contributed by atoms with E-state index in [0.29, 0.717) is 22.3 Å². The van der Waals surface area contributed by atoms with Crippen molar-refractivity contribution >= 4 is 21.6 Å². The van der Waals surface area contributed by atoms with Crippen molar-refractivity contribution in [2.45, 2.75) is 6.42 Å². The Morgan fingerprint density at radius 1 is 1.21 bits per heavy atom. The fraction of sp³-hybridized carbons (Fsp3) is 0.143. The molecule has 0 aliphatic heterocycles. The molecule has 0 saturated heterocycles. The van der Waals surface area contributed by atoms with E-state index in [0.717, 1.165) is 5.56 Å². The molecule has 0 saturated carbocycles. The SMILES string of the molecule is Nc1cc(Br)c(F)cc1Oc1ccc(CCO)cc1. The van der Waals surface area contributed by atoms with Gasteiger partial charge in [0, 0.05) is 12.7 Å². The number of anilines is 1. The van der Waals surface area contributed by atoms with Crippen molar-refractivity contribution in [2.24, 2.45) is 0 Å². The maximum absolute atomic E-state index is 13.4. The minimum absolute atomic E-state index is 0.102. The quantitative estimate of drug-likeness (QED) is 0.846. The average Bonchev–Trinajstić information content (AvgIpc) is 2.38. The summed E-state index contributed by atoms with van der Waals surface area (Å²) in [6.45, 7) is 0.102. The molecule has 0 amide bonds. The molecule has 2 aromatic carbocycles. The molecule has 0 atom stereocenters. The van der Waals surface area contributed by atoms with Gasteiger partial charge in [0.15, 0.2) is 5.75 Å². The molecule has 5 heteroatoms. The highest BCUT2D eigenvalue weighted by Crippen LogP contribution is 2.32. The van der Waals surface area contributed by atoms with Gasteiger partial charge in [-0.05, 0) is 46.1 Å². The highest BCUT2D eigenvalue weighted by molar-refractivity contribution is 9.10. The minimum atomic E-state index is -0.430. The normalized spacial score (nSPS) is 10.5. The third kappa shape index (κ3) is 3.45. The first-order valence-corrected chi connectivity index (χ1v) is 6.51. The largest absolute Gasteiger partial charge is 0.455 e. The molecule has 3 nitrogen and oxygen atoms in total. The zero-order valence-electron chi connectivity index (χ0n) is 10.1. The van der Waals surface area contributed by atoms with Crippen LogP contribution in [0.5, 0.6) is 11.5 Å². The molecule has 0 unspecified atom stereocenters. The molecule has 0 aliphatic rings. The Labute approximate surface area is 118 Å². The summed E-state index contributed by atoms with van der Waals surface area (Å²) < 4.78 is 19.2. The molecule has 19 heavy (non-hydrogen) atoms. The molecule has 2 rings (SSSR count). The zero-order valence-corrected chi connectivity index (χ0v) is 11.7. The van der Waals surface area contributed by atoms with Crippen LogP contribution in [0.1, 0.15) is 5.56 Å². The lowest BCUT2D eigenvalue weighted by molar-refractivity contribution is 0.299. The molecule has 2 aromatic rings. The van der Waals surface area contributed by atoms with Crippen molar-refractivity contribution in [3.8, 4) is 11.5 Å². The summed E-state index contributed by atoms with van der Waals surface area (Å²) in [4.78, 5) is 0. The molecule has 3 N–H and O–H groups in total. The van der Waals surface area contributed by atoms with Crippen molar-refractivity contribution in [3.05, 3.63) is 52.3 Å². The molecule has 0 aliphatic carbocycles. The summed E-state index contributed by atoms with van der Waals surface area (Å²) in [6.07, 6.45) is 0.593. The average molecular weight is 326 g/mol. The Morgan fingerprint density at radius 2 is 1.89 bits per heavy atom. The number of hydrogen-bond acceptors (Lipinski definition) is 3. The second-order valence-corrected chi connectivity index (χ2v) is 4.88. The number of nitrogens with two attached hydrogens (primary N) is 1. The number of ether oxygens (including phenoxy) is 1. The molecule has 0 fully saturated rings. The zero-order chi connectivity index (χ0) is 13.8. The van der Waals surface area contributed by atoms with Gasteiger partial charge >= 0.3 is 0 Å². The van der Waals surface area contributed by atoms with Gasteiger partial charge in [-0.1, -0.05) is 12.1 Å². The van der Waals surface area contributed by atoms with E-state index < -0.39 is 5.82 Å². The Bertz CT molecular complexity index is 572. The number of rotatable bonds is 4. The predicted octanol–water partition coefficient (Wildman–Crippen LogP) is 3.50. The van der Waals surface area contributed by atoms with Gasteiger partial charge in [0.25, 0.3) is 0 Å². The molecule has 0 bridgehead atoms. The molecule has 0 aromatic heterocycles. The summed E-state index contributed by atoms with van der Waals surface area (Å²) in [6, 6.07) is 9.90. The van der Waals surface area contributed by atoms with Crippen molar-refractivity contribution in [3.63, 3.8) is 0 Å². The van der Waals surface area contributed by atoms with Gasteiger partial charge in [0.1, 0.15) is 11.6 Å². The van der Waals surface area contributed by atoms with Gasteiger partial charge in [0.05, 0.1) is 10.2 Å². The van der Waals surface area contributed by atoms with Gasteiger partial charge in [-0.3, -0.25) is 0 Å². The Kier molecular flexibility index (Phi) is 4.39. The lowest BCUT2D eigenvalue weighted by Gasteiger charge is -2.10. The fourth-order valence-corrected chi connectivity index (χ4v) is 1.97. The second-order valence-electron chi connectivity index (χ2n) is 4.02. The first-order chi connectivity index (χ1) is 9.10. The Hall–Kier alpha value is -1.59. The van der Waals surface area contributed by atoms with Crippen molar-refractivity contribution in [1.82, 2.24) is 0 Å². The number of halogens is 2. The van der Waals surface area contributed by atoms with Crippen LogP contribution < -0.4 is 10.5 Å². The maximum Gasteiger partial charge on any atom is 0.153 e. The van der Waals surface area contributed by atoms with E-state index in [1.807, 2.05) is 12.1 Å². The maximum atomic E-state index is 13.4. The monoisotopic (exact) mass is 325 g/mol. The van der Waals surface area contributed by atoms with Crippen molar-refractivity contribution < 1.29 is 14.2 Å². The van der Waals surface area contributed by atoms with Crippen molar-refractivity contribution in [1.29, 1.82) is 0 Å². The highest BCUT2D eigenvalue weighted by atomic mass is 79.9. The minimum Gasteiger partial charge on any atom is -0.455 e. The third-order valence-electron chi connectivity index (χ3n) is 2.60. The van der Waals surface area contributed by atoms with E-state index in [4.69, 9.17) is 15.6 Å². The number of aliphatic hydroxyl groups is 1. The highest BCUT2D eigenvalue weighted by Gasteiger charge is 2.08. The molecular formula is C14H13BrFNO2.